The Morgan fingerprint density at radius 3 is 2.48 bits per heavy atom. The van der Waals surface area contributed by atoms with E-state index in [0.29, 0.717) is 4.57 Å². The van der Waals surface area contributed by atoms with Crippen LogP contribution in [-0.4, -0.2) is 28.4 Å². The van der Waals surface area contributed by atoms with Gasteiger partial charge in [-0.1, -0.05) is 0 Å². The summed E-state index contributed by atoms with van der Waals surface area (Å²) in [7, 11) is -5.27. The highest BCUT2D eigenvalue weighted by Gasteiger charge is 2.50. The number of rotatable bonds is 3. The second-order valence-electron chi connectivity index (χ2n) is 4.46. The summed E-state index contributed by atoms with van der Waals surface area (Å²) in [5.74, 6) is -1.52. The van der Waals surface area contributed by atoms with Gasteiger partial charge in [0.2, 0.25) is 0 Å². The molecule has 0 aliphatic carbocycles. The minimum atomic E-state index is -6.32. The predicted molar refractivity (Wildman–Crippen MR) is 74.0 cm³/mol. The van der Waals surface area contributed by atoms with E-state index >= 15 is 0 Å². The van der Waals surface area contributed by atoms with Crippen LogP contribution in [0.2, 0.25) is 0 Å². The summed E-state index contributed by atoms with van der Waals surface area (Å²) in [6.07, 6.45) is 0. The number of halogens is 3. The number of aromatic nitrogens is 2. The summed E-state index contributed by atoms with van der Waals surface area (Å²) in [4.78, 5) is 25.2. The Kier molecular flexibility index (Phi) is 4.14. The Morgan fingerprint density at radius 2 is 2.00 bits per heavy atom. The quantitative estimate of drug-likeness (QED) is 0.332. The van der Waals surface area contributed by atoms with E-state index in [2.05, 4.69) is 9.17 Å². The number of hydrogen-bond acceptors (Lipinski definition) is 8. The van der Waals surface area contributed by atoms with E-state index in [0.717, 1.165) is 19.2 Å². The van der Waals surface area contributed by atoms with E-state index in [1.807, 2.05) is 0 Å². The average molecular weight is 378 g/mol. The molecule has 0 aromatic carbocycles. The van der Waals surface area contributed by atoms with Gasteiger partial charge in [0.1, 0.15) is 17.3 Å². The normalized spacial score (nSPS) is 12.0. The molecule has 0 unspecified atom stereocenters. The Labute approximate surface area is 136 Å². The molecule has 0 aliphatic heterocycles. The molecule has 2 heterocycles. The van der Waals surface area contributed by atoms with Gasteiger partial charge in [-0.2, -0.15) is 26.9 Å². The van der Waals surface area contributed by atoms with Crippen LogP contribution in [0, 0.1) is 21.4 Å². The highest BCUT2D eigenvalue weighted by Crippen LogP contribution is 2.35. The zero-order valence-electron chi connectivity index (χ0n) is 11.9. The fraction of sp³-hybridized carbons (Fsp3) is 0.182. The van der Waals surface area contributed by atoms with Gasteiger partial charge in [-0.05, 0) is 12.1 Å². The molecule has 0 fully saturated rings. The third-order valence-electron chi connectivity index (χ3n) is 2.95. The molecule has 132 valence electrons. The van der Waals surface area contributed by atoms with Gasteiger partial charge in [-0.3, -0.25) is 14.9 Å². The SMILES string of the molecule is Cn1c(=O)c([N+](=O)[O-])c(OS(=O)(=O)C(F)(F)F)c2nc(C#N)ccc21. The molecule has 0 spiro atoms. The van der Waals surface area contributed by atoms with Crippen molar-refractivity contribution in [3.8, 4) is 11.8 Å². The van der Waals surface area contributed by atoms with E-state index in [9.17, 15) is 36.5 Å². The molecular weight excluding hydrogens is 373 g/mol. The smallest absolute Gasteiger partial charge is 0.366 e. The molecule has 0 bridgehead atoms. The highest BCUT2D eigenvalue weighted by molar-refractivity contribution is 7.88. The van der Waals surface area contributed by atoms with Gasteiger partial charge in [-0.15, -0.1) is 0 Å². The van der Waals surface area contributed by atoms with Crippen molar-refractivity contribution < 1.29 is 30.7 Å². The standard InChI is InChI=1S/C11H5F3N4O6S/c1-17-6-3-2-5(4-15)16-7(6)9(8(10(17)19)18(20)21)24-25(22,23)11(12,13)14/h2-3H,1H3. The Morgan fingerprint density at radius 1 is 1.40 bits per heavy atom. The van der Waals surface area contributed by atoms with Crippen LogP contribution in [0.25, 0.3) is 11.0 Å². The molecule has 0 N–H and O–H groups in total. The lowest BCUT2D eigenvalue weighted by atomic mass is 10.2. The minimum Gasteiger partial charge on any atom is -0.366 e. The van der Waals surface area contributed by atoms with Crippen molar-refractivity contribution in [1.82, 2.24) is 9.55 Å². The fourth-order valence-electron chi connectivity index (χ4n) is 1.83. The van der Waals surface area contributed by atoms with E-state index < -0.39 is 48.8 Å². The van der Waals surface area contributed by atoms with Crippen molar-refractivity contribution in [3.05, 3.63) is 38.3 Å². The lowest BCUT2D eigenvalue weighted by Gasteiger charge is -2.12. The van der Waals surface area contributed by atoms with Crippen LogP contribution in [0.1, 0.15) is 5.69 Å². The lowest BCUT2D eigenvalue weighted by molar-refractivity contribution is -0.387. The molecule has 2 rings (SSSR count). The highest BCUT2D eigenvalue weighted by atomic mass is 32.2. The maximum atomic E-state index is 12.5. The van der Waals surface area contributed by atoms with Crippen LogP contribution < -0.4 is 9.74 Å². The van der Waals surface area contributed by atoms with E-state index in [1.165, 1.54) is 6.07 Å². The number of alkyl halides is 3. The molecule has 0 saturated carbocycles. The third-order valence-corrected chi connectivity index (χ3v) is 3.90. The first kappa shape index (κ1) is 18.1. The number of nitro groups is 1. The van der Waals surface area contributed by atoms with Gasteiger partial charge in [0, 0.05) is 7.05 Å². The van der Waals surface area contributed by atoms with Crippen LogP contribution in [0.5, 0.6) is 5.75 Å². The molecule has 0 amide bonds. The maximum Gasteiger partial charge on any atom is 0.534 e. The molecule has 0 aliphatic rings. The molecule has 0 atom stereocenters. The number of nitriles is 1. The second kappa shape index (κ2) is 5.70. The van der Waals surface area contributed by atoms with Gasteiger partial charge < -0.3 is 8.75 Å². The van der Waals surface area contributed by atoms with Crippen molar-refractivity contribution in [2.24, 2.45) is 7.05 Å². The van der Waals surface area contributed by atoms with Crippen molar-refractivity contribution in [2.45, 2.75) is 5.51 Å². The number of pyridine rings is 2. The molecule has 25 heavy (non-hydrogen) atoms. The summed E-state index contributed by atoms with van der Waals surface area (Å²) in [5, 5.41) is 19.9. The Balaban J connectivity index is 3.00. The van der Waals surface area contributed by atoms with Crippen molar-refractivity contribution in [1.29, 1.82) is 5.26 Å². The first-order valence-corrected chi connectivity index (χ1v) is 7.40. The van der Waals surface area contributed by atoms with Gasteiger partial charge >= 0.3 is 26.9 Å². The zero-order chi connectivity index (χ0) is 19.2. The molecule has 2 aromatic rings. The molecule has 0 saturated heterocycles. The second-order valence-corrected chi connectivity index (χ2v) is 6.00. The van der Waals surface area contributed by atoms with E-state index in [-0.39, 0.29) is 5.52 Å². The van der Waals surface area contributed by atoms with Crippen molar-refractivity contribution >= 4 is 26.8 Å². The first-order valence-electron chi connectivity index (χ1n) is 5.99. The van der Waals surface area contributed by atoms with E-state index in [1.54, 1.807) is 0 Å². The fourth-order valence-corrected chi connectivity index (χ4v) is 2.30. The summed E-state index contributed by atoms with van der Waals surface area (Å²) < 4.78 is 64.5. The third kappa shape index (κ3) is 2.96. The van der Waals surface area contributed by atoms with Crippen molar-refractivity contribution in [3.63, 3.8) is 0 Å². The van der Waals surface area contributed by atoms with Gasteiger partial charge in [0.25, 0.3) is 5.75 Å². The summed E-state index contributed by atoms with van der Waals surface area (Å²) in [6, 6.07) is 3.66. The molecule has 10 nitrogen and oxygen atoms in total. The molecule has 2 aromatic heterocycles. The number of aryl methyl sites for hydroxylation is 1. The van der Waals surface area contributed by atoms with Gasteiger partial charge in [-0.25, -0.2) is 4.98 Å². The summed E-state index contributed by atoms with van der Waals surface area (Å²) in [6.45, 7) is 0. The minimum absolute atomic E-state index is 0.276. The van der Waals surface area contributed by atoms with Crippen LogP contribution in [0.4, 0.5) is 18.9 Å². The first-order chi connectivity index (χ1) is 11.4. The molecule has 14 heteroatoms. The number of fused-ring (bicyclic) bond motifs is 1. The number of nitrogens with zero attached hydrogens (tertiary/aromatic N) is 4. The molecular formula is C11H5F3N4O6S. The maximum absolute atomic E-state index is 12.5. The Hall–Kier alpha value is -3.21. The summed E-state index contributed by atoms with van der Waals surface area (Å²) in [5.41, 5.74) is -10.3. The van der Waals surface area contributed by atoms with Gasteiger partial charge in [0.05, 0.1) is 10.4 Å². The van der Waals surface area contributed by atoms with Crippen LogP contribution in [-0.2, 0) is 17.2 Å². The van der Waals surface area contributed by atoms with Crippen molar-refractivity contribution in [2.75, 3.05) is 0 Å². The topological polar surface area (TPSA) is 145 Å². The van der Waals surface area contributed by atoms with E-state index in [4.69, 9.17) is 5.26 Å². The monoisotopic (exact) mass is 378 g/mol. The lowest BCUT2D eigenvalue weighted by Crippen LogP contribution is -2.30. The van der Waals surface area contributed by atoms with Gasteiger partial charge in [0.15, 0.2) is 0 Å². The largest absolute Gasteiger partial charge is 0.534 e. The van der Waals surface area contributed by atoms with Crippen LogP contribution >= 0.6 is 0 Å². The van der Waals surface area contributed by atoms with Crippen LogP contribution in [0.3, 0.4) is 0 Å². The Bertz CT molecular complexity index is 1100. The van der Waals surface area contributed by atoms with Crippen LogP contribution in [0.15, 0.2) is 16.9 Å². The summed E-state index contributed by atoms with van der Waals surface area (Å²) >= 11 is 0. The molecule has 0 radical (unpaired) electrons. The zero-order valence-corrected chi connectivity index (χ0v) is 12.8. The predicted octanol–water partition coefficient (Wildman–Crippen LogP) is 0.942. The average Bonchev–Trinajstić information content (AvgIpc) is 2.50. The number of hydrogen-bond donors (Lipinski definition) is 0.